The highest BCUT2D eigenvalue weighted by molar-refractivity contribution is 7.17. The van der Waals surface area contributed by atoms with Crippen LogP contribution in [0.25, 0.3) is 10.4 Å². The van der Waals surface area contributed by atoms with Crippen LogP contribution in [0, 0.1) is 0 Å². The van der Waals surface area contributed by atoms with Crippen molar-refractivity contribution in [2.45, 2.75) is 25.8 Å². The summed E-state index contributed by atoms with van der Waals surface area (Å²) in [6.07, 6.45) is 1.87. The summed E-state index contributed by atoms with van der Waals surface area (Å²) in [6, 6.07) is 32.0. The minimum Gasteiger partial charge on any atom is -0.457 e. The maximum Gasteiger partial charge on any atom is 0.261 e. The van der Waals surface area contributed by atoms with E-state index >= 15 is 0 Å². The smallest absolute Gasteiger partial charge is 0.261 e. The molecule has 4 heteroatoms. The number of amides is 1. The lowest BCUT2D eigenvalue weighted by molar-refractivity contribution is 0.0942. The molecule has 0 saturated carbocycles. The van der Waals surface area contributed by atoms with Gasteiger partial charge < -0.3 is 10.1 Å². The molecule has 1 atom stereocenters. The van der Waals surface area contributed by atoms with E-state index in [2.05, 4.69) is 24.4 Å². The Labute approximate surface area is 187 Å². The van der Waals surface area contributed by atoms with Gasteiger partial charge in [0.25, 0.3) is 5.91 Å². The number of para-hydroxylation sites is 1. The van der Waals surface area contributed by atoms with Crippen molar-refractivity contribution in [1.82, 2.24) is 5.32 Å². The fourth-order valence-corrected chi connectivity index (χ4v) is 4.24. The predicted octanol–water partition coefficient (Wildman–Crippen LogP) is 6.96. The molecule has 0 bridgehead atoms. The average Bonchev–Trinajstić information content (AvgIpc) is 3.30. The number of nitrogens with one attached hydrogen (secondary N) is 1. The van der Waals surface area contributed by atoms with Crippen molar-refractivity contribution in [3.8, 4) is 21.9 Å². The van der Waals surface area contributed by atoms with E-state index in [0.29, 0.717) is 0 Å². The van der Waals surface area contributed by atoms with Gasteiger partial charge in [-0.1, -0.05) is 48.5 Å². The first-order valence-electron chi connectivity index (χ1n) is 10.5. The van der Waals surface area contributed by atoms with Crippen molar-refractivity contribution in [2.24, 2.45) is 0 Å². The molecule has 31 heavy (non-hydrogen) atoms. The molecule has 0 unspecified atom stereocenters. The summed E-state index contributed by atoms with van der Waals surface area (Å²) in [4.78, 5) is 14.4. The average molecular weight is 428 g/mol. The molecule has 156 valence electrons. The quantitative estimate of drug-likeness (QED) is 0.330. The monoisotopic (exact) mass is 427 g/mol. The molecule has 1 amide bonds. The molecule has 1 aromatic heterocycles. The Balaban J connectivity index is 1.33. The third kappa shape index (κ3) is 5.83. The fourth-order valence-electron chi connectivity index (χ4n) is 3.32. The number of rotatable bonds is 8. The number of hydrogen-bond donors (Lipinski definition) is 1. The molecule has 4 aromatic rings. The van der Waals surface area contributed by atoms with Crippen molar-refractivity contribution in [1.29, 1.82) is 0 Å². The third-order valence-corrected chi connectivity index (χ3v) is 6.17. The van der Waals surface area contributed by atoms with Crippen molar-refractivity contribution in [3.05, 3.63) is 108 Å². The van der Waals surface area contributed by atoms with Crippen LogP contribution in [0.3, 0.4) is 0 Å². The van der Waals surface area contributed by atoms with Crippen LogP contribution in [0.15, 0.2) is 97.1 Å². The van der Waals surface area contributed by atoms with Crippen LogP contribution in [0.4, 0.5) is 0 Å². The van der Waals surface area contributed by atoms with Gasteiger partial charge in [-0.2, -0.15) is 0 Å². The third-order valence-electron chi connectivity index (χ3n) is 5.03. The summed E-state index contributed by atoms with van der Waals surface area (Å²) in [7, 11) is 0. The van der Waals surface area contributed by atoms with E-state index in [4.69, 9.17) is 4.74 Å². The van der Waals surface area contributed by atoms with Gasteiger partial charge in [-0.05, 0) is 79.4 Å². The maximum absolute atomic E-state index is 12.6. The Kier molecular flexibility index (Phi) is 6.80. The van der Waals surface area contributed by atoms with Crippen molar-refractivity contribution in [2.75, 3.05) is 0 Å². The minimum absolute atomic E-state index is 0.0131. The van der Waals surface area contributed by atoms with Gasteiger partial charge in [-0.25, -0.2) is 0 Å². The summed E-state index contributed by atoms with van der Waals surface area (Å²) in [5, 5.41) is 3.12. The van der Waals surface area contributed by atoms with Crippen LogP contribution in [0.2, 0.25) is 0 Å². The van der Waals surface area contributed by atoms with Gasteiger partial charge >= 0.3 is 0 Å². The standard InChI is InChI=1S/C27H25NO2S/c1-20(12-13-21-8-4-2-5-9-21)28-27(29)26-19-18-25(31-26)22-14-16-24(17-15-22)30-23-10-6-3-7-11-23/h2-11,14-20H,12-13H2,1H3,(H,28,29)/t20-/m1/s1. The van der Waals surface area contributed by atoms with Crippen LogP contribution in [0.1, 0.15) is 28.6 Å². The normalized spacial score (nSPS) is 11.6. The Morgan fingerprint density at radius 1 is 0.839 bits per heavy atom. The highest BCUT2D eigenvalue weighted by atomic mass is 32.1. The molecule has 0 radical (unpaired) electrons. The summed E-state index contributed by atoms with van der Waals surface area (Å²) in [5.74, 6) is 1.59. The maximum atomic E-state index is 12.6. The number of aryl methyl sites for hydroxylation is 1. The zero-order valence-electron chi connectivity index (χ0n) is 17.5. The summed E-state index contributed by atoms with van der Waals surface area (Å²) >= 11 is 1.51. The molecule has 0 fully saturated rings. The van der Waals surface area contributed by atoms with Gasteiger partial charge in [-0.15, -0.1) is 11.3 Å². The first-order chi connectivity index (χ1) is 15.2. The molecule has 0 aliphatic carbocycles. The SMILES string of the molecule is C[C@H](CCc1ccccc1)NC(=O)c1ccc(-c2ccc(Oc3ccccc3)cc2)s1. The second kappa shape index (κ2) is 10.1. The molecule has 0 spiro atoms. The summed E-state index contributed by atoms with van der Waals surface area (Å²) in [5.41, 5.74) is 2.36. The molecule has 3 nitrogen and oxygen atoms in total. The van der Waals surface area contributed by atoms with Crippen molar-refractivity contribution >= 4 is 17.2 Å². The van der Waals surface area contributed by atoms with Gasteiger partial charge in [0.15, 0.2) is 0 Å². The Hall–Kier alpha value is -3.37. The number of ether oxygens (including phenoxy) is 1. The van der Waals surface area contributed by atoms with Crippen molar-refractivity contribution in [3.63, 3.8) is 0 Å². The summed E-state index contributed by atoms with van der Waals surface area (Å²) < 4.78 is 5.85. The van der Waals surface area contributed by atoms with E-state index in [1.807, 2.05) is 84.9 Å². The Morgan fingerprint density at radius 2 is 1.48 bits per heavy atom. The number of benzene rings is 3. The van der Waals surface area contributed by atoms with Crippen LogP contribution < -0.4 is 10.1 Å². The molecule has 1 heterocycles. The van der Waals surface area contributed by atoms with Crippen molar-refractivity contribution < 1.29 is 9.53 Å². The van der Waals surface area contributed by atoms with Gasteiger partial charge in [0.2, 0.25) is 0 Å². The molecular weight excluding hydrogens is 402 g/mol. The fraction of sp³-hybridized carbons (Fsp3) is 0.148. The zero-order chi connectivity index (χ0) is 21.5. The zero-order valence-corrected chi connectivity index (χ0v) is 18.3. The predicted molar refractivity (Wildman–Crippen MR) is 128 cm³/mol. The van der Waals surface area contributed by atoms with Gasteiger partial charge in [0.05, 0.1) is 4.88 Å². The van der Waals surface area contributed by atoms with Crippen LogP contribution in [-0.4, -0.2) is 11.9 Å². The highest BCUT2D eigenvalue weighted by Gasteiger charge is 2.13. The molecule has 1 N–H and O–H groups in total. The largest absolute Gasteiger partial charge is 0.457 e. The van der Waals surface area contributed by atoms with Crippen LogP contribution in [0.5, 0.6) is 11.5 Å². The molecule has 0 aliphatic heterocycles. The topological polar surface area (TPSA) is 38.3 Å². The molecule has 4 rings (SSSR count). The van der Waals surface area contributed by atoms with Gasteiger partial charge in [-0.3, -0.25) is 4.79 Å². The van der Waals surface area contributed by atoms with E-state index < -0.39 is 0 Å². The van der Waals surface area contributed by atoms with E-state index in [0.717, 1.165) is 39.7 Å². The van der Waals surface area contributed by atoms with Crippen LogP contribution in [-0.2, 0) is 6.42 Å². The molecular formula is C27H25NO2S. The lowest BCUT2D eigenvalue weighted by Crippen LogP contribution is -2.32. The van der Waals surface area contributed by atoms with Crippen LogP contribution >= 0.6 is 11.3 Å². The van der Waals surface area contributed by atoms with E-state index in [1.54, 1.807) is 0 Å². The lowest BCUT2D eigenvalue weighted by atomic mass is 10.1. The number of carbonyl (C=O) groups excluding carboxylic acids is 1. The second-order valence-electron chi connectivity index (χ2n) is 7.50. The van der Waals surface area contributed by atoms with E-state index in [-0.39, 0.29) is 11.9 Å². The molecule has 0 saturated heterocycles. The number of hydrogen-bond acceptors (Lipinski definition) is 3. The van der Waals surface area contributed by atoms with E-state index in [1.165, 1.54) is 16.9 Å². The lowest BCUT2D eigenvalue weighted by Gasteiger charge is -2.13. The first-order valence-corrected chi connectivity index (χ1v) is 11.3. The first kappa shape index (κ1) is 20.9. The second-order valence-corrected chi connectivity index (χ2v) is 8.59. The van der Waals surface area contributed by atoms with Gasteiger partial charge in [0.1, 0.15) is 11.5 Å². The van der Waals surface area contributed by atoms with Gasteiger partial charge in [0, 0.05) is 10.9 Å². The number of carbonyl (C=O) groups is 1. The van der Waals surface area contributed by atoms with E-state index in [9.17, 15) is 4.79 Å². The Bertz CT molecular complexity index is 1100. The number of thiophene rings is 1. The highest BCUT2D eigenvalue weighted by Crippen LogP contribution is 2.30. The summed E-state index contributed by atoms with van der Waals surface area (Å²) in [6.45, 7) is 2.06. The minimum atomic E-state index is -0.0131. The molecule has 3 aromatic carbocycles. The Morgan fingerprint density at radius 3 is 2.19 bits per heavy atom. The molecule has 0 aliphatic rings.